The molecule has 352 valence electrons. The van der Waals surface area contributed by atoms with Gasteiger partial charge in [0.05, 0.1) is 12.7 Å². The van der Waals surface area contributed by atoms with E-state index in [1.165, 1.54) is 128 Å². The monoisotopic (exact) mass is 882 g/mol. The third kappa shape index (κ3) is 26.3. The van der Waals surface area contributed by atoms with Crippen LogP contribution in [-0.4, -0.2) is 91.2 Å². The average Bonchev–Trinajstić information content (AvgIpc) is 3.66. The van der Waals surface area contributed by atoms with E-state index < -0.39 is 5.79 Å². The Morgan fingerprint density at radius 3 is 1.53 bits per heavy atom. The second-order valence-electron chi connectivity index (χ2n) is 19.3. The summed E-state index contributed by atoms with van der Waals surface area (Å²) in [6.45, 7) is 6.15. The first-order valence-corrected chi connectivity index (χ1v) is 28.1. The van der Waals surface area contributed by atoms with Gasteiger partial charge in [-0.1, -0.05) is 129 Å². The van der Waals surface area contributed by atoms with E-state index in [0.29, 0.717) is 19.4 Å². The highest BCUT2D eigenvalue weighted by atomic mass is 32.2. The molecule has 0 aromatic rings. The molecule has 0 amide bonds. The van der Waals surface area contributed by atoms with E-state index >= 15 is 0 Å². The van der Waals surface area contributed by atoms with Crippen molar-refractivity contribution in [3.63, 3.8) is 0 Å². The van der Waals surface area contributed by atoms with E-state index in [-0.39, 0.29) is 30.3 Å². The van der Waals surface area contributed by atoms with Crippen LogP contribution in [0.5, 0.6) is 0 Å². The summed E-state index contributed by atoms with van der Waals surface area (Å²) in [5.41, 5.74) is 0. The molecule has 9 heteroatoms. The molecule has 3 rings (SSSR count). The fourth-order valence-electron chi connectivity index (χ4n) is 9.56. The summed E-state index contributed by atoms with van der Waals surface area (Å²) in [6.07, 6.45) is 38.5. The van der Waals surface area contributed by atoms with Crippen molar-refractivity contribution in [2.24, 2.45) is 11.8 Å². The summed E-state index contributed by atoms with van der Waals surface area (Å²) < 4.78 is 25.5. The van der Waals surface area contributed by atoms with Crippen molar-refractivity contribution in [3.8, 4) is 0 Å². The number of unbranched alkanes of at least 4 members (excludes halogenated alkanes) is 10. The predicted molar refractivity (Wildman–Crippen MR) is 257 cm³/mol. The minimum Gasteiger partial charge on any atom is -0.461 e. The minimum atomic E-state index is -0.442. The van der Waals surface area contributed by atoms with Crippen LogP contribution in [0, 0.1) is 11.8 Å². The van der Waals surface area contributed by atoms with E-state index in [4.69, 9.17) is 18.9 Å². The number of thioether (sulfide) groups is 2. The van der Waals surface area contributed by atoms with Crippen molar-refractivity contribution in [1.82, 2.24) is 4.90 Å². The van der Waals surface area contributed by atoms with Gasteiger partial charge in [0.15, 0.2) is 5.79 Å². The zero-order chi connectivity index (χ0) is 42.9. The Balaban J connectivity index is 1.37. The molecule has 1 heterocycles. The lowest BCUT2D eigenvalue weighted by atomic mass is 9.85. The van der Waals surface area contributed by atoms with E-state index in [2.05, 4.69) is 32.8 Å². The van der Waals surface area contributed by atoms with Gasteiger partial charge in [0, 0.05) is 43.7 Å². The van der Waals surface area contributed by atoms with Crippen LogP contribution in [0.1, 0.15) is 226 Å². The zero-order valence-electron chi connectivity index (χ0n) is 39.7. The third-order valence-electron chi connectivity index (χ3n) is 13.4. The molecule has 0 bridgehead atoms. The molecular formula is C51H95NO6S2. The quantitative estimate of drug-likeness (QED) is 0.0448. The van der Waals surface area contributed by atoms with Crippen LogP contribution in [0.15, 0.2) is 0 Å². The molecule has 0 aromatic heterocycles. The lowest BCUT2D eigenvalue weighted by molar-refractivity contribution is -0.180. The maximum Gasteiger partial charge on any atom is 0.306 e. The number of ether oxygens (including phenoxy) is 4. The molecule has 3 fully saturated rings. The van der Waals surface area contributed by atoms with Gasteiger partial charge in [0.1, 0.15) is 12.2 Å². The Morgan fingerprint density at radius 1 is 0.617 bits per heavy atom. The first-order valence-electron chi connectivity index (χ1n) is 25.8. The first-order chi connectivity index (χ1) is 29.3. The van der Waals surface area contributed by atoms with Gasteiger partial charge in [-0.3, -0.25) is 9.59 Å². The van der Waals surface area contributed by atoms with Crippen LogP contribution in [0.2, 0.25) is 0 Å². The van der Waals surface area contributed by atoms with Crippen LogP contribution in [0.4, 0.5) is 0 Å². The summed E-state index contributed by atoms with van der Waals surface area (Å²) in [6, 6.07) is 0. The van der Waals surface area contributed by atoms with Crippen LogP contribution >= 0.6 is 23.5 Å². The normalized spacial score (nSPS) is 21.4. The van der Waals surface area contributed by atoms with E-state index in [1.807, 2.05) is 23.5 Å². The number of carbonyl (C=O) groups excluding carboxylic acids is 2. The van der Waals surface area contributed by atoms with Gasteiger partial charge in [-0.05, 0) is 108 Å². The molecule has 0 aromatic carbocycles. The molecule has 3 unspecified atom stereocenters. The molecule has 0 radical (unpaired) electrons. The highest BCUT2D eigenvalue weighted by Gasteiger charge is 2.40. The topological polar surface area (TPSA) is 74.3 Å². The zero-order valence-corrected chi connectivity index (χ0v) is 41.3. The van der Waals surface area contributed by atoms with Gasteiger partial charge in [0.2, 0.25) is 0 Å². The minimum absolute atomic E-state index is 0.0182. The summed E-state index contributed by atoms with van der Waals surface area (Å²) in [7, 11) is 4.27. The third-order valence-corrected chi connectivity index (χ3v) is 15.8. The van der Waals surface area contributed by atoms with Crippen LogP contribution in [-0.2, 0) is 28.5 Å². The van der Waals surface area contributed by atoms with Crippen molar-refractivity contribution in [3.05, 3.63) is 0 Å². The molecule has 1 aliphatic heterocycles. The lowest BCUT2D eigenvalue weighted by Crippen LogP contribution is -2.31. The van der Waals surface area contributed by atoms with Gasteiger partial charge in [0.25, 0.3) is 0 Å². The van der Waals surface area contributed by atoms with Crippen molar-refractivity contribution in [2.45, 2.75) is 250 Å². The lowest BCUT2D eigenvalue weighted by Gasteiger charge is -2.29. The average molecular weight is 882 g/mol. The summed E-state index contributed by atoms with van der Waals surface area (Å²) in [5, 5.41) is 0. The highest BCUT2D eigenvalue weighted by molar-refractivity contribution is 7.99. The predicted octanol–water partition coefficient (Wildman–Crippen LogP) is 14.1. The number of carbonyl (C=O) groups is 2. The van der Waals surface area contributed by atoms with Crippen molar-refractivity contribution in [1.29, 1.82) is 0 Å². The van der Waals surface area contributed by atoms with E-state index in [9.17, 15) is 9.59 Å². The van der Waals surface area contributed by atoms with Gasteiger partial charge in [-0.2, -0.15) is 23.5 Å². The molecule has 2 saturated carbocycles. The molecular weight excluding hydrogens is 787 g/mol. The molecule has 60 heavy (non-hydrogen) atoms. The molecule has 3 atom stereocenters. The molecule has 3 aliphatic rings. The molecule has 1 saturated heterocycles. The van der Waals surface area contributed by atoms with Crippen molar-refractivity contribution in [2.75, 3.05) is 50.3 Å². The van der Waals surface area contributed by atoms with Crippen LogP contribution in [0.3, 0.4) is 0 Å². The van der Waals surface area contributed by atoms with Crippen molar-refractivity contribution < 1.29 is 28.5 Å². The standard InChI is InChI=1S/C51H95NO6S2/c1-5-7-9-19-29-49(53)56-47(33-31-44-25-15-11-16-26-44)42-59-39-23-13-21-36-51(55-41-46(58-51)35-38-52(3)4)37-22-14-24-40-60-43-48(34-32-45-27-17-12-18-28-45)57-50(54)30-20-10-8-6-2/h44-48H,5-43H2,1-4H3. The van der Waals surface area contributed by atoms with Crippen LogP contribution in [0.25, 0.3) is 0 Å². The number of esters is 2. The van der Waals surface area contributed by atoms with Gasteiger partial charge in [-0.25, -0.2) is 0 Å². The van der Waals surface area contributed by atoms with E-state index in [1.54, 1.807) is 0 Å². The maximum atomic E-state index is 12.7. The van der Waals surface area contributed by atoms with Gasteiger partial charge >= 0.3 is 11.9 Å². The first kappa shape index (κ1) is 53.9. The Kier molecular flexibility index (Phi) is 31.3. The number of hydrogen-bond donors (Lipinski definition) is 0. The fourth-order valence-corrected chi connectivity index (χ4v) is 11.7. The Bertz CT molecular complexity index is 985. The van der Waals surface area contributed by atoms with Gasteiger partial charge in [-0.15, -0.1) is 0 Å². The van der Waals surface area contributed by atoms with Crippen molar-refractivity contribution >= 4 is 35.5 Å². The Morgan fingerprint density at radius 2 is 1.08 bits per heavy atom. The number of nitrogens with zero attached hydrogens (tertiary/aromatic N) is 1. The SMILES string of the molecule is CCCCCCC(=O)OC(CCC1CCCCC1)CSCCCCCC1(CCCCCSCC(CCC2CCCCC2)OC(=O)CCCCCC)OCC(CCN(C)C)O1. The van der Waals surface area contributed by atoms with Crippen LogP contribution < -0.4 is 0 Å². The molecule has 0 N–H and O–H groups in total. The molecule has 7 nitrogen and oxygen atoms in total. The highest BCUT2D eigenvalue weighted by Crippen LogP contribution is 2.36. The molecule has 2 aliphatic carbocycles. The Labute approximate surface area is 379 Å². The van der Waals surface area contributed by atoms with Gasteiger partial charge < -0.3 is 23.8 Å². The second-order valence-corrected chi connectivity index (χ2v) is 21.6. The summed E-state index contributed by atoms with van der Waals surface area (Å²) in [4.78, 5) is 27.7. The summed E-state index contributed by atoms with van der Waals surface area (Å²) in [5.74, 6) is 5.34. The largest absolute Gasteiger partial charge is 0.461 e. The number of hydrogen-bond acceptors (Lipinski definition) is 9. The second kappa shape index (κ2) is 34.9. The smallest absolute Gasteiger partial charge is 0.306 e. The fraction of sp³-hybridized carbons (Fsp3) is 0.961. The maximum absolute atomic E-state index is 12.7. The Hall–Kier alpha value is -0.480. The number of rotatable bonds is 37. The summed E-state index contributed by atoms with van der Waals surface area (Å²) >= 11 is 3.97. The molecule has 0 spiro atoms. The van der Waals surface area contributed by atoms with E-state index in [0.717, 1.165) is 112 Å².